The smallest absolute Gasteiger partial charge is 0.323 e. The fraction of sp³-hybridized carbons (Fsp3) is 0.636. The van der Waals surface area contributed by atoms with Gasteiger partial charge in [0.1, 0.15) is 11.6 Å². The zero-order valence-electron chi connectivity index (χ0n) is 10.6. The summed E-state index contributed by atoms with van der Waals surface area (Å²) in [6, 6.07) is -0.822. The molecule has 0 aliphatic rings. The lowest BCUT2D eigenvalue weighted by Crippen LogP contribution is -2.39. The van der Waals surface area contributed by atoms with Crippen molar-refractivity contribution >= 4 is 5.97 Å². The van der Waals surface area contributed by atoms with E-state index in [1.54, 1.807) is 34.0 Å². The van der Waals surface area contributed by atoms with Crippen LogP contribution in [0.5, 0.6) is 0 Å². The minimum absolute atomic E-state index is 0.172. The number of H-pyrrole nitrogens is 1. The van der Waals surface area contributed by atoms with E-state index in [0.29, 0.717) is 5.56 Å². The highest BCUT2D eigenvalue weighted by Gasteiger charge is 2.23. The van der Waals surface area contributed by atoms with Gasteiger partial charge in [-0.1, -0.05) is 0 Å². The van der Waals surface area contributed by atoms with Crippen LogP contribution in [-0.4, -0.2) is 27.4 Å². The standard InChI is InChI=1S/C11H19N3O3/c1-11(2,3)17-10(16)8(12)5-7-6-13-14(4)9(7)15/h6,8,13H,5,12H2,1-4H3/t8-/m1/s1. The molecule has 1 rings (SSSR count). The minimum atomic E-state index is -0.822. The summed E-state index contributed by atoms with van der Waals surface area (Å²) in [5.41, 5.74) is 5.43. The van der Waals surface area contributed by atoms with Crippen molar-refractivity contribution in [1.82, 2.24) is 9.78 Å². The third-order valence-corrected chi connectivity index (χ3v) is 2.16. The topological polar surface area (TPSA) is 90.1 Å². The zero-order valence-corrected chi connectivity index (χ0v) is 10.6. The van der Waals surface area contributed by atoms with E-state index in [-0.39, 0.29) is 12.0 Å². The van der Waals surface area contributed by atoms with E-state index in [1.807, 2.05) is 0 Å². The van der Waals surface area contributed by atoms with Crippen LogP contribution in [0.25, 0.3) is 0 Å². The van der Waals surface area contributed by atoms with Gasteiger partial charge < -0.3 is 15.6 Å². The number of hydrogen-bond donors (Lipinski definition) is 2. The number of rotatable bonds is 3. The molecule has 17 heavy (non-hydrogen) atoms. The van der Waals surface area contributed by atoms with Crippen LogP contribution in [-0.2, 0) is 23.0 Å². The van der Waals surface area contributed by atoms with Crippen molar-refractivity contribution in [2.75, 3.05) is 0 Å². The molecule has 0 aliphatic carbocycles. The molecule has 0 bridgehead atoms. The molecule has 0 unspecified atom stereocenters. The summed E-state index contributed by atoms with van der Waals surface area (Å²) < 4.78 is 6.47. The molecule has 0 saturated heterocycles. The number of carbonyl (C=O) groups is 1. The van der Waals surface area contributed by atoms with Crippen LogP contribution < -0.4 is 11.3 Å². The largest absolute Gasteiger partial charge is 0.459 e. The Kier molecular flexibility index (Phi) is 3.77. The maximum absolute atomic E-state index is 11.6. The molecule has 0 spiro atoms. The van der Waals surface area contributed by atoms with Crippen LogP contribution in [0.1, 0.15) is 26.3 Å². The van der Waals surface area contributed by atoms with Gasteiger partial charge in [0, 0.05) is 25.2 Å². The number of esters is 1. The van der Waals surface area contributed by atoms with Gasteiger partial charge in [-0.15, -0.1) is 0 Å². The Hall–Kier alpha value is -1.56. The Balaban J connectivity index is 2.67. The van der Waals surface area contributed by atoms with Crippen LogP contribution >= 0.6 is 0 Å². The van der Waals surface area contributed by atoms with Gasteiger partial charge in [-0.05, 0) is 20.8 Å². The molecule has 0 aliphatic heterocycles. The van der Waals surface area contributed by atoms with Crippen molar-refractivity contribution in [3.63, 3.8) is 0 Å². The summed E-state index contributed by atoms with van der Waals surface area (Å²) in [6.45, 7) is 5.31. The van der Waals surface area contributed by atoms with E-state index in [0.717, 1.165) is 0 Å². The number of nitrogens with one attached hydrogen (secondary N) is 1. The van der Waals surface area contributed by atoms with Gasteiger partial charge in [0.2, 0.25) is 0 Å². The van der Waals surface area contributed by atoms with Gasteiger partial charge in [-0.3, -0.25) is 14.3 Å². The Bertz CT molecular complexity index is 453. The Morgan fingerprint density at radius 2 is 2.18 bits per heavy atom. The predicted octanol–water partition coefficient (Wildman–Crippen LogP) is -0.0751. The maximum atomic E-state index is 11.6. The van der Waals surface area contributed by atoms with E-state index in [1.165, 1.54) is 4.68 Å². The molecule has 1 atom stereocenters. The average Bonchev–Trinajstić information content (AvgIpc) is 2.47. The second kappa shape index (κ2) is 4.75. The number of nitrogens with two attached hydrogens (primary N) is 1. The van der Waals surface area contributed by atoms with Gasteiger partial charge in [-0.25, -0.2) is 0 Å². The number of nitrogens with zero attached hydrogens (tertiary/aromatic N) is 1. The van der Waals surface area contributed by atoms with E-state index >= 15 is 0 Å². The second-order valence-electron chi connectivity index (χ2n) is 5.01. The summed E-state index contributed by atoms with van der Waals surface area (Å²) in [6.07, 6.45) is 1.72. The molecule has 0 saturated carbocycles. The molecule has 1 heterocycles. The molecule has 6 heteroatoms. The number of carbonyl (C=O) groups excluding carboxylic acids is 1. The highest BCUT2D eigenvalue weighted by atomic mass is 16.6. The SMILES string of the molecule is Cn1[nH]cc(C[C@@H](N)C(=O)OC(C)(C)C)c1=O. The van der Waals surface area contributed by atoms with Crippen molar-refractivity contribution in [2.24, 2.45) is 12.8 Å². The molecular formula is C11H19N3O3. The van der Waals surface area contributed by atoms with Crippen LogP contribution in [0.15, 0.2) is 11.0 Å². The fourth-order valence-corrected chi connectivity index (χ4v) is 1.35. The first kappa shape index (κ1) is 13.5. The number of aromatic nitrogens is 2. The van der Waals surface area contributed by atoms with Crippen LogP contribution in [0.4, 0.5) is 0 Å². The lowest BCUT2D eigenvalue weighted by atomic mass is 10.1. The highest BCUT2D eigenvalue weighted by molar-refractivity contribution is 5.76. The van der Waals surface area contributed by atoms with E-state index < -0.39 is 17.6 Å². The second-order valence-corrected chi connectivity index (χ2v) is 5.01. The van der Waals surface area contributed by atoms with Gasteiger partial charge in [0.05, 0.1) is 0 Å². The zero-order chi connectivity index (χ0) is 13.2. The summed E-state index contributed by atoms with van der Waals surface area (Å²) in [7, 11) is 1.60. The molecule has 3 N–H and O–H groups in total. The van der Waals surface area contributed by atoms with E-state index in [4.69, 9.17) is 10.5 Å². The average molecular weight is 241 g/mol. The summed E-state index contributed by atoms with van der Waals surface area (Å²) in [4.78, 5) is 23.2. The molecule has 0 radical (unpaired) electrons. The molecule has 1 aromatic rings. The first-order valence-electron chi connectivity index (χ1n) is 5.42. The van der Waals surface area contributed by atoms with E-state index in [9.17, 15) is 9.59 Å². The molecular weight excluding hydrogens is 222 g/mol. The highest BCUT2D eigenvalue weighted by Crippen LogP contribution is 2.09. The van der Waals surface area contributed by atoms with E-state index in [2.05, 4.69) is 5.10 Å². The van der Waals surface area contributed by atoms with Crippen LogP contribution in [0.3, 0.4) is 0 Å². The third-order valence-electron chi connectivity index (χ3n) is 2.16. The molecule has 6 nitrogen and oxygen atoms in total. The van der Waals surface area contributed by atoms with Crippen LogP contribution in [0.2, 0.25) is 0 Å². The molecule has 96 valence electrons. The van der Waals surface area contributed by atoms with Crippen molar-refractivity contribution in [3.8, 4) is 0 Å². The Labute approximate surface area is 99.7 Å². The molecule has 0 fully saturated rings. The number of ether oxygens (including phenoxy) is 1. The van der Waals surface area contributed by atoms with Crippen molar-refractivity contribution in [1.29, 1.82) is 0 Å². The first-order chi connectivity index (χ1) is 7.70. The summed E-state index contributed by atoms with van der Waals surface area (Å²) in [5, 5.41) is 2.73. The van der Waals surface area contributed by atoms with Gasteiger partial charge in [0.15, 0.2) is 0 Å². The maximum Gasteiger partial charge on any atom is 0.323 e. The molecule has 0 aromatic carbocycles. The van der Waals surface area contributed by atoms with Crippen LogP contribution in [0, 0.1) is 0 Å². The van der Waals surface area contributed by atoms with Crippen molar-refractivity contribution in [3.05, 3.63) is 22.1 Å². The first-order valence-corrected chi connectivity index (χ1v) is 5.42. The molecule has 0 amide bonds. The summed E-state index contributed by atoms with van der Waals surface area (Å²) in [5.74, 6) is -0.499. The molecule has 1 aromatic heterocycles. The summed E-state index contributed by atoms with van der Waals surface area (Å²) >= 11 is 0. The lowest BCUT2D eigenvalue weighted by Gasteiger charge is -2.21. The minimum Gasteiger partial charge on any atom is -0.459 e. The normalized spacial score (nSPS) is 13.5. The number of hydrogen-bond acceptors (Lipinski definition) is 4. The number of aryl methyl sites for hydroxylation is 1. The van der Waals surface area contributed by atoms with Gasteiger partial charge in [0.25, 0.3) is 5.56 Å². The van der Waals surface area contributed by atoms with Gasteiger partial charge >= 0.3 is 5.97 Å². The van der Waals surface area contributed by atoms with Gasteiger partial charge in [-0.2, -0.15) is 0 Å². The monoisotopic (exact) mass is 241 g/mol. The number of aromatic amines is 1. The fourth-order valence-electron chi connectivity index (χ4n) is 1.35. The third kappa shape index (κ3) is 3.74. The van der Waals surface area contributed by atoms with Crippen molar-refractivity contribution in [2.45, 2.75) is 38.8 Å². The predicted molar refractivity (Wildman–Crippen MR) is 63.6 cm³/mol. The Morgan fingerprint density at radius 3 is 2.59 bits per heavy atom. The lowest BCUT2D eigenvalue weighted by molar-refractivity contribution is -0.156. The quantitative estimate of drug-likeness (QED) is 0.724. The van der Waals surface area contributed by atoms with Crippen molar-refractivity contribution < 1.29 is 9.53 Å². The Morgan fingerprint density at radius 1 is 1.59 bits per heavy atom.